The van der Waals surface area contributed by atoms with Crippen molar-refractivity contribution in [2.24, 2.45) is 5.92 Å². The standard InChI is InChI=1S/C24H35N3O4/c1-17(28)25-21(16-19-10-6-7-11-22(19)31-2)23(29)26-20-12-14-27(15-13-20)24(30)18-8-4-3-5-9-18/h6-7,10-11,18,20-21H,3-5,8-9,12-16H2,1-2H3,(H,25,28)(H,26,29)/t21-/m1/s1. The highest BCUT2D eigenvalue weighted by atomic mass is 16.5. The first kappa shape index (κ1) is 23.1. The van der Waals surface area contributed by atoms with Gasteiger partial charge in [0.15, 0.2) is 0 Å². The summed E-state index contributed by atoms with van der Waals surface area (Å²) in [5.41, 5.74) is 0.867. The van der Waals surface area contributed by atoms with E-state index in [-0.39, 0.29) is 29.7 Å². The molecule has 2 aliphatic rings. The second kappa shape index (κ2) is 11.2. The van der Waals surface area contributed by atoms with Gasteiger partial charge in [0.1, 0.15) is 11.8 Å². The number of carbonyl (C=O) groups is 3. The lowest BCUT2D eigenvalue weighted by molar-refractivity contribution is -0.138. The highest BCUT2D eigenvalue weighted by Gasteiger charge is 2.31. The van der Waals surface area contributed by atoms with Crippen LogP contribution < -0.4 is 15.4 Å². The maximum absolute atomic E-state index is 13.0. The van der Waals surface area contributed by atoms with Gasteiger partial charge in [-0.1, -0.05) is 37.5 Å². The Kier molecular flexibility index (Phi) is 8.32. The van der Waals surface area contributed by atoms with E-state index in [2.05, 4.69) is 10.6 Å². The lowest BCUT2D eigenvalue weighted by Crippen LogP contribution is -2.53. The molecule has 170 valence electrons. The number of nitrogens with zero attached hydrogens (tertiary/aromatic N) is 1. The molecular formula is C24H35N3O4. The smallest absolute Gasteiger partial charge is 0.243 e. The Morgan fingerprint density at radius 3 is 2.39 bits per heavy atom. The van der Waals surface area contributed by atoms with Crippen molar-refractivity contribution in [1.29, 1.82) is 0 Å². The third-order valence-electron chi connectivity index (χ3n) is 6.42. The molecule has 31 heavy (non-hydrogen) atoms. The summed E-state index contributed by atoms with van der Waals surface area (Å²) in [6.07, 6.45) is 7.40. The van der Waals surface area contributed by atoms with Gasteiger partial charge in [0.05, 0.1) is 7.11 Å². The van der Waals surface area contributed by atoms with E-state index in [0.717, 1.165) is 44.1 Å². The number of piperidine rings is 1. The zero-order valence-electron chi connectivity index (χ0n) is 18.7. The number of methoxy groups -OCH3 is 1. The topological polar surface area (TPSA) is 87.7 Å². The molecular weight excluding hydrogens is 394 g/mol. The van der Waals surface area contributed by atoms with E-state index in [9.17, 15) is 14.4 Å². The Hall–Kier alpha value is -2.57. The van der Waals surface area contributed by atoms with Crippen LogP contribution in [0.25, 0.3) is 0 Å². The van der Waals surface area contributed by atoms with Crippen LogP contribution in [0.4, 0.5) is 0 Å². The highest BCUT2D eigenvalue weighted by molar-refractivity contribution is 5.87. The molecule has 0 bridgehead atoms. The number of rotatable bonds is 7. The van der Waals surface area contributed by atoms with Crippen LogP contribution >= 0.6 is 0 Å². The number of nitrogens with one attached hydrogen (secondary N) is 2. The van der Waals surface area contributed by atoms with Crippen molar-refractivity contribution in [3.63, 3.8) is 0 Å². The molecule has 1 saturated heterocycles. The average molecular weight is 430 g/mol. The van der Waals surface area contributed by atoms with Crippen LogP contribution in [0, 0.1) is 5.92 Å². The Morgan fingerprint density at radius 2 is 1.74 bits per heavy atom. The Balaban J connectivity index is 1.54. The molecule has 1 heterocycles. The third-order valence-corrected chi connectivity index (χ3v) is 6.42. The van der Waals surface area contributed by atoms with Crippen molar-refractivity contribution in [1.82, 2.24) is 15.5 Å². The van der Waals surface area contributed by atoms with Gasteiger partial charge in [-0.15, -0.1) is 0 Å². The van der Waals surface area contributed by atoms with E-state index >= 15 is 0 Å². The number of amides is 3. The number of benzene rings is 1. The van der Waals surface area contributed by atoms with E-state index in [1.807, 2.05) is 29.2 Å². The van der Waals surface area contributed by atoms with Crippen LogP contribution in [0.2, 0.25) is 0 Å². The largest absolute Gasteiger partial charge is 0.496 e. The minimum absolute atomic E-state index is 0.0110. The van der Waals surface area contributed by atoms with Gasteiger partial charge in [-0.3, -0.25) is 14.4 Å². The fourth-order valence-electron chi connectivity index (χ4n) is 4.70. The van der Waals surface area contributed by atoms with Crippen LogP contribution in [-0.2, 0) is 20.8 Å². The predicted molar refractivity (Wildman–Crippen MR) is 119 cm³/mol. The van der Waals surface area contributed by atoms with Crippen molar-refractivity contribution in [2.45, 2.75) is 70.4 Å². The summed E-state index contributed by atoms with van der Waals surface area (Å²) >= 11 is 0. The van der Waals surface area contributed by atoms with Crippen LogP contribution in [0.1, 0.15) is 57.4 Å². The zero-order valence-corrected chi connectivity index (χ0v) is 18.7. The van der Waals surface area contributed by atoms with Gasteiger partial charge >= 0.3 is 0 Å². The Labute approximate surface area is 184 Å². The van der Waals surface area contributed by atoms with Crippen LogP contribution in [-0.4, -0.2) is 54.9 Å². The van der Waals surface area contributed by atoms with Crippen molar-refractivity contribution in [3.8, 4) is 5.75 Å². The summed E-state index contributed by atoms with van der Waals surface area (Å²) in [6, 6.07) is 6.85. The number of ether oxygens (including phenoxy) is 1. The molecule has 2 N–H and O–H groups in total. The Morgan fingerprint density at radius 1 is 1.06 bits per heavy atom. The molecule has 3 amide bonds. The van der Waals surface area contributed by atoms with Gasteiger partial charge in [-0.05, 0) is 37.3 Å². The summed E-state index contributed by atoms with van der Waals surface area (Å²) in [5, 5.41) is 5.86. The van der Waals surface area contributed by atoms with Crippen LogP contribution in [0.5, 0.6) is 5.75 Å². The van der Waals surface area contributed by atoms with Gasteiger partial charge in [-0.2, -0.15) is 0 Å². The number of carbonyl (C=O) groups excluding carboxylic acids is 3. The molecule has 2 fully saturated rings. The van der Waals surface area contributed by atoms with Crippen LogP contribution in [0.15, 0.2) is 24.3 Å². The minimum Gasteiger partial charge on any atom is -0.496 e. The SMILES string of the molecule is COc1ccccc1C[C@@H](NC(C)=O)C(=O)NC1CCN(C(=O)C2CCCCC2)CC1. The number of hydrogen-bond donors (Lipinski definition) is 2. The van der Waals surface area contributed by atoms with E-state index in [1.54, 1.807) is 7.11 Å². The molecule has 1 aromatic carbocycles. The molecule has 1 atom stereocenters. The number of para-hydroxylation sites is 1. The fourth-order valence-corrected chi connectivity index (χ4v) is 4.70. The van der Waals surface area contributed by atoms with Gasteiger partial charge < -0.3 is 20.3 Å². The summed E-state index contributed by atoms with van der Waals surface area (Å²) in [7, 11) is 1.59. The van der Waals surface area contributed by atoms with E-state index in [1.165, 1.54) is 13.3 Å². The van der Waals surface area contributed by atoms with E-state index < -0.39 is 6.04 Å². The number of likely N-dealkylation sites (tertiary alicyclic amines) is 1. The van der Waals surface area contributed by atoms with Crippen molar-refractivity contribution in [3.05, 3.63) is 29.8 Å². The van der Waals surface area contributed by atoms with Crippen molar-refractivity contribution in [2.75, 3.05) is 20.2 Å². The second-order valence-corrected chi connectivity index (χ2v) is 8.71. The highest BCUT2D eigenvalue weighted by Crippen LogP contribution is 2.26. The lowest BCUT2D eigenvalue weighted by atomic mass is 9.87. The lowest BCUT2D eigenvalue weighted by Gasteiger charge is -2.36. The maximum atomic E-state index is 13.0. The fraction of sp³-hybridized carbons (Fsp3) is 0.625. The summed E-state index contributed by atoms with van der Waals surface area (Å²) in [6.45, 7) is 2.77. The normalized spacial score (nSPS) is 18.8. The van der Waals surface area contributed by atoms with Gasteiger partial charge in [0.25, 0.3) is 0 Å². The van der Waals surface area contributed by atoms with E-state index in [4.69, 9.17) is 4.74 Å². The first-order valence-corrected chi connectivity index (χ1v) is 11.5. The second-order valence-electron chi connectivity index (χ2n) is 8.71. The Bertz CT molecular complexity index is 768. The molecule has 1 saturated carbocycles. The first-order chi connectivity index (χ1) is 15.0. The summed E-state index contributed by atoms with van der Waals surface area (Å²) in [4.78, 5) is 39.4. The molecule has 7 nitrogen and oxygen atoms in total. The predicted octanol–water partition coefficient (Wildman–Crippen LogP) is 2.43. The average Bonchev–Trinajstić information content (AvgIpc) is 2.79. The quantitative estimate of drug-likeness (QED) is 0.697. The molecule has 0 radical (unpaired) electrons. The van der Waals surface area contributed by atoms with Gasteiger partial charge in [-0.25, -0.2) is 0 Å². The molecule has 1 aliphatic heterocycles. The molecule has 1 aromatic rings. The van der Waals surface area contributed by atoms with E-state index in [0.29, 0.717) is 25.3 Å². The summed E-state index contributed by atoms with van der Waals surface area (Å²) in [5.74, 6) is 0.725. The molecule has 0 unspecified atom stereocenters. The number of hydrogen-bond acceptors (Lipinski definition) is 4. The molecule has 1 aliphatic carbocycles. The maximum Gasteiger partial charge on any atom is 0.243 e. The minimum atomic E-state index is -0.671. The first-order valence-electron chi connectivity index (χ1n) is 11.5. The monoisotopic (exact) mass is 429 g/mol. The van der Waals surface area contributed by atoms with Gasteiger partial charge in [0, 0.05) is 38.4 Å². The zero-order chi connectivity index (χ0) is 22.2. The van der Waals surface area contributed by atoms with Gasteiger partial charge in [0.2, 0.25) is 17.7 Å². The van der Waals surface area contributed by atoms with Crippen molar-refractivity contribution >= 4 is 17.7 Å². The molecule has 0 aromatic heterocycles. The molecule has 0 spiro atoms. The third kappa shape index (κ3) is 6.45. The summed E-state index contributed by atoms with van der Waals surface area (Å²) < 4.78 is 5.38. The molecule has 3 rings (SSSR count). The molecule has 7 heteroatoms. The van der Waals surface area contributed by atoms with Crippen molar-refractivity contribution < 1.29 is 19.1 Å². The van der Waals surface area contributed by atoms with Crippen LogP contribution in [0.3, 0.4) is 0 Å².